The molecule has 6 heteroatoms. The number of aromatic amines is 1. The average molecular weight is 260 g/mol. The molecule has 6 nitrogen and oxygen atoms in total. The van der Waals surface area contributed by atoms with Gasteiger partial charge in [-0.05, 0) is 31.0 Å². The molecule has 2 aromatic rings. The highest BCUT2D eigenvalue weighted by atomic mass is 16.4. The fraction of sp³-hybridized carbons (Fsp3) is 0.154. The lowest BCUT2D eigenvalue weighted by molar-refractivity contribution is 0.0694. The second-order valence-electron chi connectivity index (χ2n) is 4.24. The van der Waals surface area contributed by atoms with Crippen molar-refractivity contribution in [1.82, 2.24) is 9.55 Å². The minimum Gasteiger partial charge on any atom is -0.477 e. The van der Waals surface area contributed by atoms with Gasteiger partial charge in [0.25, 0.3) is 5.56 Å². The van der Waals surface area contributed by atoms with E-state index in [1.807, 2.05) is 13.0 Å². The number of aryl methyl sites for hydroxylation is 2. The molecule has 0 amide bonds. The predicted molar refractivity (Wildman–Crippen MR) is 69.1 cm³/mol. The molecule has 1 heterocycles. The smallest absolute Gasteiger partial charge is 0.342 e. The first-order valence-corrected chi connectivity index (χ1v) is 5.57. The minimum atomic E-state index is -1.37. The van der Waals surface area contributed by atoms with E-state index < -0.39 is 22.8 Å². The summed E-state index contributed by atoms with van der Waals surface area (Å²) >= 11 is 0. The summed E-state index contributed by atoms with van der Waals surface area (Å²) in [6, 6.07) is 5.28. The van der Waals surface area contributed by atoms with E-state index in [4.69, 9.17) is 5.11 Å². The van der Waals surface area contributed by atoms with Crippen LogP contribution in [0.3, 0.4) is 0 Å². The number of hydrogen-bond donors (Lipinski definition) is 2. The van der Waals surface area contributed by atoms with Gasteiger partial charge >= 0.3 is 11.7 Å². The first-order chi connectivity index (χ1) is 8.91. The van der Waals surface area contributed by atoms with Gasteiger partial charge in [0, 0.05) is 6.20 Å². The maximum Gasteiger partial charge on any atom is 0.342 e. The Kier molecular flexibility index (Phi) is 3.08. The third kappa shape index (κ3) is 2.20. The minimum absolute atomic E-state index is 0.384. The van der Waals surface area contributed by atoms with Crippen LogP contribution in [-0.2, 0) is 0 Å². The Morgan fingerprint density at radius 1 is 1.26 bits per heavy atom. The molecule has 0 aliphatic rings. The summed E-state index contributed by atoms with van der Waals surface area (Å²) in [5.74, 6) is -1.37. The first kappa shape index (κ1) is 12.8. The lowest BCUT2D eigenvalue weighted by Gasteiger charge is -2.09. The van der Waals surface area contributed by atoms with E-state index in [0.717, 1.165) is 16.3 Å². The van der Waals surface area contributed by atoms with Crippen molar-refractivity contribution >= 4 is 5.97 Å². The zero-order valence-electron chi connectivity index (χ0n) is 10.4. The molecule has 0 atom stereocenters. The SMILES string of the molecule is Cc1ccc(C)c(-n2c(=O)[nH]cc(C(=O)O)c2=O)c1. The number of aromatic carboxylic acids is 1. The molecule has 1 aromatic heterocycles. The third-order valence-corrected chi connectivity index (χ3v) is 2.81. The zero-order chi connectivity index (χ0) is 14.2. The Morgan fingerprint density at radius 2 is 1.95 bits per heavy atom. The van der Waals surface area contributed by atoms with Crippen LogP contribution in [0.2, 0.25) is 0 Å². The maximum atomic E-state index is 12.1. The third-order valence-electron chi connectivity index (χ3n) is 2.81. The van der Waals surface area contributed by atoms with Crippen molar-refractivity contribution in [2.75, 3.05) is 0 Å². The number of carboxylic acids is 1. The molecule has 0 fully saturated rings. The number of carbonyl (C=O) groups is 1. The summed E-state index contributed by atoms with van der Waals surface area (Å²) in [6.07, 6.45) is 0.911. The second kappa shape index (κ2) is 4.56. The van der Waals surface area contributed by atoms with Crippen LogP contribution in [0.5, 0.6) is 0 Å². The number of H-pyrrole nitrogens is 1. The van der Waals surface area contributed by atoms with Crippen molar-refractivity contribution in [3.8, 4) is 5.69 Å². The Labute approximate surface area is 108 Å². The van der Waals surface area contributed by atoms with Crippen molar-refractivity contribution in [1.29, 1.82) is 0 Å². The predicted octanol–water partition coefficient (Wildman–Crippen LogP) is 0.841. The monoisotopic (exact) mass is 260 g/mol. The summed E-state index contributed by atoms with van der Waals surface area (Å²) in [6.45, 7) is 3.57. The zero-order valence-corrected chi connectivity index (χ0v) is 10.4. The molecule has 0 aliphatic heterocycles. The van der Waals surface area contributed by atoms with Gasteiger partial charge in [-0.3, -0.25) is 4.79 Å². The van der Waals surface area contributed by atoms with E-state index >= 15 is 0 Å². The standard InChI is InChI=1S/C13H12N2O4/c1-7-3-4-8(2)10(5-7)15-11(16)9(12(17)18)6-14-13(15)19/h3-6H,1-2H3,(H,14,19)(H,17,18). The molecular formula is C13H12N2O4. The van der Waals surface area contributed by atoms with Crippen molar-refractivity contribution in [3.63, 3.8) is 0 Å². The van der Waals surface area contributed by atoms with Crippen molar-refractivity contribution in [3.05, 3.63) is 61.9 Å². The van der Waals surface area contributed by atoms with E-state index in [1.165, 1.54) is 0 Å². The summed E-state index contributed by atoms with van der Waals surface area (Å²) in [4.78, 5) is 37.0. The van der Waals surface area contributed by atoms with Gasteiger partial charge in [0.15, 0.2) is 0 Å². The van der Waals surface area contributed by atoms with Gasteiger partial charge in [0.2, 0.25) is 0 Å². The molecule has 0 unspecified atom stereocenters. The fourth-order valence-electron chi connectivity index (χ4n) is 1.81. The van der Waals surface area contributed by atoms with Crippen LogP contribution >= 0.6 is 0 Å². The summed E-state index contributed by atoms with van der Waals surface area (Å²) in [5.41, 5.74) is -0.0168. The molecule has 0 spiro atoms. The number of nitrogens with zero attached hydrogens (tertiary/aromatic N) is 1. The number of carboxylic acid groups (broad SMARTS) is 1. The van der Waals surface area contributed by atoms with Gasteiger partial charge in [-0.1, -0.05) is 12.1 Å². The van der Waals surface area contributed by atoms with Crippen LogP contribution in [0, 0.1) is 13.8 Å². The number of rotatable bonds is 2. The lowest BCUT2D eigenvalue weighted by Crippen LogP contribution is -2.37. The molecule has 98 valence electrons. The van der Waals surface area contributed by atoms with E-state index in [2.05, 4.69) is 4.98 Å². The number of aromatic nitrogens is 2. The van der Waals surface area contributed by atoms with Crippen LogP contribution in [0.1, 0.15) is 21.5 Å². The topological polar surface area (TPSA) is 92.2 Å². The van der Waals surface area contributed by atoms with Crippen LogP contribution < -0.4 is 11.2 Å². The summed E-state index contributed by atoms with van der Waals surface area (Å²) in [5, 5.41) is 8.92. The first-order valence-electron chi connectivity index (χ1n) is 5.57. The van der Waals surface area contributed by atoms with E-state index in [1.54, 1.807) is 19.1 Å². The molecule has 0 radical (unpaired) electrons. The van der Waals surface area contributed by atoms with Crippen LogP contribution in [-0.4, -0.2) is 20.6 Å². The van der Waals surface area contributed by atoms with Gasteiger partial charge in [-0.25, -0.2) is 14.2 Å². The van der Waals surface area contributed by atoms with Crippen molar-refractivity contribution < 1.29 is 9.90 Å². The summed E-state index contributed by atoms with van der Waals surface area (Å²) < 4.78 is 0.839. The molecule has 19 heavy (non-hydrogen) atoms. The largest absolute Gasteiger partial charge is 0.477 e. The molecule has 0 aliphatic carbocycles. The van der Waals surface area contributed by atoms with Gasteiger partial charge < -0.3 is 10.1 Å². The van der Waals surface area contributed by atoms with E-state index in [-0.39, 0.29) is 0 Å². The highest BCUT2D eigenvalue weighted by Gasteiger charge is 2.15. The molecule has 1 aromatic carbocycles. The Morgan fingerprint density at radius 3 is 2.58 bits per heavy atom. The molecule has 0 bridgehead atoms. The van der Waals surface area contributed by atoms with E-state index in [0.29, 0.717) is 11.3 Å². The quantitative estimate of drug-likeness (QED) is 0.836. The molecule has 0 saturated carbocycles. The van der Waals surface area contributed by atoms with Crippen LogP contribution in [0.15, 0.2) is 34.0 Å². The summed E-state index contributed by atoms with van der Waals surface area (Å²) in [7, 11) is 0. The van der Waals surface area contributed by atoms with Gasteiger partial charge in [0.1, 0.15) is 5.56 Å². The molecular weight excluding hydrogens is 248 g/mol. The highest BCUT2D eigenvalue weighted by Crippen LogP contribution is 2.12. The van der Waals surface area contributed by atoms with Crippen molar-refractivity contribution in [2.45, 2.75) is 13.8 Å². The Hall–Kier alpha value is -2.63. The Balaban J connectivity index is 2.86. The van der Waals surface area contributed by atoms with Gasteiger partial charge in [-0.2, -0.15) is 0 Å². The Bertz CT molecular complexity index is 771. The highest BCUT2D eigenvalue weighted by molar-refractivity contribution is 5.86. The number of hydrogen-bond acceptors (Lipinski definition) is 3. The maximum absolute atomic E-state index is 12.1. The second-order valence-corrected chi connectivity index (χ2v) is 4.24. The van der Waals surface area contributed by atoms with Gasteiger partial charge in [-0.15, -0.1) is 0 Å². The van der Waals surface area contributed by atoms with E-state index in [9.17, 15) is 14.4 Å². The van der Waals surface area contributed by atoms with Crippen molar-refractivity contribution in [2.24, 2.45) is 0 Å². The van der Waals surface area contributed by atoms with Gasteiger partial charge in [0.05, 0.1) is 5.69 Å². The normalized spacial score (nSPS) is 10.4. The van der Waals surface area contributed by atoms with Crippen LogP contribution in [0.25, 0.3) is 5.69 Å². The van der Waals surface area contributed by atoms with Crippen LogP contribution in [0.4, 0.5) is 0 Å². The fourth-order valence-corrected chi connectivity index (χ4v) is 1.81. The average Bonchev–Trinajstić information content (AvgIpc) is 2.33. The number of nitrogens with one attached hydrogen (secondary N) is 1. The molecule has 2 rings (SSSR count). The molecule has 2 N–H and O–H groups in total. The molecule has 0 saturated heterocycles. The number of benzene rings is 1. The lowest BCUT2D eigenvalue weighted by atomic mass is 10.1.